The Morgan fingerprint density at radius 3 is 2.46 bits per heavy atom. The lowest BCUT2D eigenvalue weighted by molar-refractivity contribution is -0.130. The van der Waals surface area contributed by atoms with Crippen LogP contribution in [0, 0.1) is 0 Å². The number of piperazine rings is 1. The van der Waals surface area contributed by atoms with E-state index in [9.17, 15) is 9.59 Å². The van der Waals surface area contributed by atoms with Crippen molar-refractivity contribution in [3.8, 4) is 0 Å². The van der Waals surface area contributed by atoms with E-state index in [2.05, 4.69) is 4.98 Å². The van der Waals surface area contributed by atoms with E-state index in [1.165, 1.54) is 0 Å². The molecule has 2 amide bonds. The van der Waals surface area contributed by atoms with Gasteiger partial charge in [-0.25, -0.2) is 4.79 Å². The van der Waals surface area contributed by atoms with Gasteiger partial charge < -0.3 is 14.5 Å². The van der Waals surface area contributed by atoms with Crippen LogP contribution in [0.2, 0.25) is 0 Å². The summed E-state index contributed by atoms with van der Waals surface area (Å²) in [6, 6.07) is 3.90. The molecule has 2 rings (SSSR count). The molecule has 1 aliphatic rings. The summed E-state index contributed by atoms with van der Waals surface area (Å²) in [6.45, 7) is 7.72. The molecule has 132 valence electrons. The standard InChI is InChI=1S/C17H25N3O3S/c1-17(2,3)23-16(22)20-9-7-19(8-10-20)15(21)13-24-12-14-5-4-6-18-11-14/h4-6,11H,7-10,12-13H2,1-3H3. The first kappa shape index (κ1) is 18.6. The molecule has 24 heavy (non-hydrogen) atoms. The highest BCUT2D eigenvalue weighted by atomic mass is 32.2. The molecule has 2 heterocycles. The summed E-state index contributed by atoms with van der Waals surface area (Å²) in [5.74, 6) is 1.34. The van der Waals surface area contributed by atoms with E-state index in [0.29, 0.717) is 31.9 Å². The molecule has 0 radical (unpaired) electrons. The van der Waals surface area contributed by atoms with Crippen LogP contribution < -0.4 is 0 Å². The van der Waals surface area contributed by atoms with E-state index in [0.717, 1.165) is 11.3 Å². The zero-order valence-electron chi connectivity index (χ0n) is 14.5. The Morgan fingerprint density at radius 2 is 1.88 bits per heavy atom. The van der Waals surface area contributed by atoms with Gasteiger partial charge in [0.05, 0.1) is 5.75 Å². The van der Waals surface area contributed by atoms with E-state index < -0.39 is 5.60 Å². The second-order valence-electron chi connectivity index (χ2n) is 6.70. The highest BCUT2D eigenvalue weighted by Crippen LogP contribution is 2.14. The number of nitrogens with zero attached hydrogens (tertiary/aromatic N) is 3. The normalized spacial score (nSPS) is 15.3. The van der Waals surface area contributed by atoms with Crippen molar-refractivity contribution in [2.45, 2.75) is 32.1 Å². The maximum atomic E-state index is 12.2. The predicted molar refractivity (Wildman–Crippen MR) is 94.8 cm³/mol. The van der Waals surface area contributed by atoms with Crippen LogP contribution in [0.15, 0.2) is 24.5 Å². The molecule has 1 aromatic heterocycles. The second kappa shape index (κ2) is 8.37. The number of carbonyl (C=O) groups is 2. The van der Waals surface area contributed by atoms with Crippen molar-refractivity contribution in [2.75, 3.05) is 31.9 Å². The fourth-order valence-electron chi connectivity index (χ4n) is 2.30. The molecule has 0 spiro atoms. The van der Waals surface area contributed by atoms with Gasteiger partial charge in [-0.1, -0.05) is 6.07 Å². The maximum Gasteiger partial charge on any atom is 0.410 e. The first-order valence-electron chi connectivity index (χ1n) is 8.07. The van der Waals surface area contributed by atoms with E-state index in [-0.39, 0.29) is 12.0 Å². The fraction of sp³-hybridized carbons (Fsp3) is 0.588. The third kappa shape index (κ3) is 6.03. The minimum absolute atomic E-state index is 0.118. The molecule has 1 aromatic rings. The first-order valence-corrected chi connectivity index (χ1v) is 9.23. The highest BCUT2D eigenvalue weighted by Gasteiger charge is 2.27. The molecule has 1 aliphatic heterocycles. The van der Waals surface area contributed by atoms with Crippen LogP contribution in [-0.2, 0) is 15.3 Å². The minimum atomic E-state index is -0.493. The lowest BCUT2D eigenvalue weighted by Gasteiger charge is -2.35. The van der Waals surface area contributed by atoms with Crippen LogP contribution in [0.5, 0.6) is 0 Å². The van der Waals surface area contributed by atoms with Crippen molar-refractivity contribution in [3.63, 3.8) is 0 Å². The summed E-state index contributed by atoms with van der Waals surface area (Å²) in [5, 5.41) is 0. The number of carbonyl (C=O) groups excluding carboxylic acids is 2. The van der Waals surface area contributed by atoms with Gasteiger partial charge in [-0.3, -0.25) is 9.78 Å². The predicted octanol–water partition coefficient (Wildman–Crippen LogP) is 2.39. The first-order chi connectivity index (χ1) is 11.3. The zero-order chi connectivity index (χ0) is 17.6. The number of aromatic nitrogens is 1. The summed E-state index contributed by atoms with van der Waals surface area (Å²) in [4.78, 5) is 31.8. The average Bonchev–Trinajstić information content (AvgIpc) is 2.54. The molecule has 6 nitrogen and oxygen atoms in total. The molecule has 0 atom stereocenters. The second-order valence-corrected chi connectivity index (χ2v) is 7.69. The SMILES string of the molecule is CC(C)(C)OC(=O)N1CCN(C(=O)CSCc2cccnc2)CC1. The summed E-state index contributed by atoms with van der Waals surface area (Å²) in [7, 11) is 0. The minimum Gasteiger partial charge on any atom is -0.444 e. The van der Waals surface area contributed by atoms with E-state index in [1.807, 2.05) is 44.0 Å². The molecule has 1 saturated heterocycles. The van der Waals surface area contributed by atoms with Crippen molar-refractivity contribution in [3.05, 3.63) is 30.1 Å². The van der Waals surface area contributed by atoms with Gasteiger partial charge in [-0.05, 0) is 32.4 Å². The molecule has 0 unspecified atom stereocenters. The fourth-order valence-corrected chi connectivity index (χ4v) is 3.16. The number of rotatable bonds is 4. The Kier molecular flexibility index (Phi) is 6.48. The van der Waals surface area contributed by atoms with Gasteiger partial charge in [-0.2, -0.15) is 0 Å². The van der Waals surface area contributed by atoms with Crippen LogP contribution in [0.4, 0.5) is 4.79 Å². The molecule has 0 aromatic carbocycles. The van der Waals surface area contributed by atoms with Gasteiger partial charge in [0.2, 0.25) is 5.91 Å². The molecular weight excluding hydrogens is 326 g/mol. The third-order valence-electron chi connectivity index (χ3n) is 3.50. The Morgan fingerprint density at radius 1 is 1.21 bits per heavy atom. The summed E-state index contributed by atoms with van der Waals surface area (Å²) >= 11 is 1.59. The van der Waals surface area contributed by atoms with E-state index in [1.54, 1.807) is 22.9 Å². The lowest BCUT2D eigenvalue weighted by atomic mass is 10.2. The lowest BCUT2D eigenvalue weighted by Crippen LogP contribution is -2.52. The van der Waals surface area contributed by atoms with Crippen molar-refractivity contribution >= 4 is 23.8 Å². The highest BCUT2D eigenvalue weighted by molar-refractivity contribution is 7.99. The molecular formula is C17H25N3O3S. The third-order valence-corrected chi connectivity index (χ3v) is 4.49. The Bertz CT molecular complexity index is 552. The van der Waals surface area contributed by atoms with Gasteiger partial charge in [0.1, 0.15) is 5.60 Å². The Hall–Kier alpha value is -1.76. The summed E-state index contributed by atoms with van der Waals surface area (Å²) in [5.41, 5.74) is 0.623. The van der Waals surface area contributed by atoms with Gasteiger partial charge in [0, 0.05) is 44.3 Å². The largest absolute Gasteiger partial charge is 0.444 e. The smallest absolute Gasteiger partial charge is 0.410 e. The Labute approximate surface area is 147 Å². The number of amides is 2. The van der Waals surface area contributed by atoms with Crippen LogP contribution in [0.3, 0.4) is 0 Å². The number of ether oxygens (including phenoxy) is 1. The molecule has 0 saturated carbocycles. The Balaban J connectivity index is 1.70. The quantitative estimate of drug-likeness (QED) is 0.833. The molecule has 7 heteroatoms. The van der Waals surface area contributed by atoms with Crippen molar-refractivity contribution < 1.29 is 14.3 Å². The van der Waals surface area contributed by atoms with Gasteiger partial charge >= 0.3 is 6.09 Å². The topological polar surface area (TPSA) is 62.7 Å². The van der Waals surface area contributed by atoms with Crippen molar-refractivity contribution in [2.24, 2.45) is 0 Å². The van der Waals surface area contributed by atoms with Crippen LogP contribution in [0.25, 0.3) is 0 Å². The summed E-state index contributed by atoms with van der Waals surface area (Å²) in [6.07, 6.45) is 3.25. The maximum absolute atomic E-state index is 12.2. The van der Waals surface area contributed by atoms with Crippen LogP contribution in [-0.4, -0.2) is 64.3 Å². The molecule has 0 aliphatic carbocycles. The van der Waals surface area contributed by atoms with E-state index in [4.69, 9.17) is 4.74 Å². The molecule has 0 N–H and O–H groups in total. The zero-order valence-corrected chi connectivity index (χ0v) is 15.3. The number of hydrogen-bond donors (Lipinski definition) is 0. The van der Waals surface area contributed by atoms with Crippen LogP contribution in [0.1, 0.15) is 26.3 Å². The summed E-state index contributed by atoms with van der Waals surface area (Å²) < 4.78 is 5.36. The van der Waals surface area contributed by atoms with Gasteiger partial charge in [0.15, 0.2) is 0 Å². The number of pyridine rings is 1. The van der Waals surface area contributed by atoms with E-state index >= 15 is 0 Å². The number of hydrogen-bond acceptors (Lipinski definition) is 5. The van der Waals surface area contributed by atoms with Crippen molar-refractivity contribution in [1.29, 1.82) is 0 Å². The average molecular weight is 351 g/mol. The molecule has 1 fully saturated rings. The monoisotopic (exact) mass is 351 g/mol. The van der Waals surface area contributed by atoms with Crippen molar-refractivity contribution in [1.82, 2.24) is 14.8 Å². The van der Waals surface area contributed by atoms with Crippen LogP contribution >= 0.6 is 11.8 Å². The number of thioether (sulfide) groups is 1. The van der Waals surface area contributed by atoms with Gasteiger partial charge in [-0.15, -0.1) is 11.8 Å². The molecule has 0 bridgehead atoms. The van der Waals surface area contributed by atoms with Gasteiger partial charge in [0.25, 0.3) is 0 Å².